The van der Waals surface area contributed by atoms with Crippen molar-refractivity contribution < 1.29 is 18.7 Å². The van der Waals surface area contributed by atoms with Crippen molar-refractivity contribution in [2.45, 2.75) is 19.4 Å². The second-order valence-corrected chi connectivity index (χ2v) is 9.12. The SMILES string of the molecule is NC(=O)CCc1oc2cc(OCc3ccccc3)ccc2c1C(=O)c1cc(Br)cc(Br)c1. The molecular weight excluding hydrogens is 538 g/mol. The molecule has 0 bridgehead atoms. The van der Waals surface area contributed by atoms with E-state index in [0.29, 0.717) is 40.2 Å². The summed E-state index contributed by atoms with van der Waals surface area (Å²) in [6.07, 6.45) is 0.320. The predicted octanol–water partition coefficient (Wildman–Crippen LogP) is 6.19. The van der Waals surface area contributed by atoms with Crippen LogP contribution in [0.4, 0.5) is 0 Å². The largest absolute Gasteiger partial charge is 0.489 e. The molecule has 0 radical (unpaired) electrons. The Morgan fingerprint density at radius 3 is 2.34 bits per heavy atom. The summed E-state index contributed by atoms with van der Waals surface area (Å²) < 4.78 is 13.5. The molecule has 0 atom stereocenters. The van der Waals surface area contributed by atoms with Gasteiger partial charge in [0.1, 0.15) is 23.7 Å². The third-order valence-electron chi connectivity index (χ3n) is 4.93. The number of ether oxygens (including phenoxy) is 1. The number of primary amides is 1. The quantitative estimate of drug-likeness (QED) is 0.262. The third kappa shape index (κ3) is 5.11. The first-order valence-electron chi connectivity index (χ1n) is 9.92. The van der Waals surface area contributed by atoms with Crippen LogP contribution >= 0.6 is 31.9 Å². The van der Waals surface area contributed by atoms with Gasteiger partial charge in [0.15, 0.2) is 5.78 Å². The van der Waals surface area contributed by atoms with Gasteiger partial charge in [-0.25, -0.2) is 0 Å². The van der Waals surface area contributed by atoms with Crippen LogP contribution in [0.2, 0.25) is 0 Å². The van der Waals surface area contributed by atoms with Gasteiger partial charge in [-0.2, -0.15) is 0 Å². The van der Waals surface area contributed by atoms with Crippen LogP contribution in [-0.4, -0.2) is 11.7 Å². The van der Waals surface area contributed by atoms with E-state index >= 15 is 0 Å². The van der Waals surface area contributed by atoms with Crippen LogP contribution < -0.4 is 10.5 Å². The van der Waals surface area contributed by atoms with E-state index in [9.17, 15) is 9.59 Å². The Morgan fingerprint density at radius 1 is 0.938 bits per heavy atom. The zero-order valence-electron chi connectivity index (χ0n) is 16.9. The van der Waals surface area contributed by atoms with Crippen LogP contribution in [0.25, 0.3) is 11.0 Å². The maximum absolute atomic E-state index is 13.4. The Balaban J connectivity index is 1.71. The number of hydrogen-bond donors (Lipinski definition) is 1. The van der Waals surface area contributed by atoms with Crippen molar-refractivity contribution in [2.75, 3.05) is 0 Å². The van der Waals surface area contributed by atoms with Crippen molar-refractivity contribution in [3.8, 4) is 5.75 Å². The smallest absolute Gasteiger partial charge is 0.217 e. The minimum atomic E-state index is -0.457. The molecule has 1 heterocycles. The van der Waals surface area contributed by atoms with Crippen molar-refractivity contribution in [1.82, 2.24) is 0 Å². The number of halogens is 2. The van der Waals surface area contributed by atoms with Crippen molar-refractivity contribution in [3.63, 3.8) is 0 Å². The second-order valence-electron chi connectivity index (χ2n) is 7.29. The zero-order chi connectivity index (χ0) is 22.7. The second kappa shape index (κ2) is 9.71. The monoisotopic (exact) mass is 555 g/mol. The highest BCUT2D eigenvalue weighted by Gasteiger charge is 2.23. The first kappa shape index (κ1) is 22.3. The Kier molecular flexibility index (Phi) is 6.77. The van der Waals surface area contributed by atoms with Gasteiger partial charge in [0.25, 0.3) is 0 Å². The molecule has 0 aliphatic rings. The molecule has 4 aromatic rings. The molecule has 5 nitrogen and oxygen atoms in total. The molecule has 0 saturated carbocycles. The number of rotatable bonds is 8. The molecule has 162 valence electrons. The van der Waals surface area contributed by atoms with Crippen LogP contribution in [0.1, 0.15) is 33.7 Å². The van der Waals surface area contributed by atoms with E-state index in [1.54, 1.807) is 18.2 Å². The van der Waals surface area contributed by atoms with Crippen molar-refractivity contribution in [3.05, 3.63) is 98.1 Å². The Hall–Kier alpha value is -2.90. The molecule has 0 spiro atoms. The minimum Gasteiger partial charge on any atom is -0.489 e. The molecule has 0 saturated heterocycles. The number of benzene rings is 3. The van der Waals surface area contributed by atoms with Crippen LogP contribution in [0.15, 0.2) is 80.1 Å². The average Bonchev–Trinajstić information content (AvgIpc) is 3.13. The number of carbonyl (C=O) groups is 2. The molecule has 3 aromatic carbocycles. The first-order chi connectivity index (χ1) is 15.4. The fourth-order valence-electron chi connectivity index (χ4n) is 3.45. The van der Waals surface area contributed by atoms with E-state index < -0.39 is 5.91 Å². The number of amides is 1. The van der Waals surface area contributed by atoms with Gasteiger partial charge in [0.05, 0.1) is 5.56 Å². The number of furan rings is 1. The fourth-order valence-corrected chi connectivity index (χ4v) is 4.74. The first-order valence-corrected chi connectivity index (χ1v) is 11.5. The summed E-state index contributed by atoms with van der Waals surface area (Å²) >= 11 is 6.85. The summed E-state index contributed by atoms with van der Waals surface area (Å²) in [5.41, 5.74) is 7.83. The molecule has 1 aromatic heterocycles. The van der Waals surface area contributed by atoms with E-state index in [2.05, 4.69) is 31.9 Å². The van der Waals surface area contributed by atoms with Crippen LogP contribution in [-0.2, 0) is 17.8 Å². The maximum atomic E-state index is 13.4. The number of fused-ring (bicyclic) bond motifs is 1. The number of nitrogens with two attached hydrogens (primary N) is 1. The average molecular weight is 557 g/mol. The van der Waals surface area contributed by atoms with E-state index in [-0.39, 0.29) is 18.6 Å². The van der Waals surface area contributed by atoms with Crippen molar-refractivity contribution >= 4 is 54.5 Å². The predicted molar refractivity (Wildman–Crippen MR) is 130 cm³/mol. The maximum Gasteiger partial charge on any atom is 0.217 e. The summed E-state index contributed by atoms with van der Waals surface area (Å²) in [6.45, 7) is 0.416. The Labute approximate surface area is 201 Å². The molecule has 32 heavy (non-hydrogen) atoms. The van der Waals surface area contributed by atoms with Crippen molar-refractivity contribution in [2.24, 2.45) is 5.73 Å². The van der Waals surface area contributed by atoms with Gasteiger partial charge in [0, 0.05) is 38.8 Å². The van der Waals surface area contributed by atoms with Gasteiger partial charge in [-0.05, 0) is 35.9 Å². The van der Waals surface area contributed by atoms with Crippen LogP contribution in [0, 0.1) is 0 Å². The lowest BCUT2D eigenvalue weighted by molar-refractivity contribution is -0.118. The molecule has 0 fully saturated rings. The summed E-state index contributed by atoms with van der Waals surface area (Å²) in [4.78, 5) is 24.8. The van der Waals surface area contributed by atoms with Gasteiger partial charge in [-0.3, -0.25) is 9.59 Å². The third-order valence-corrected chi connectivity index (χ3v) is 5.85. The number of ketones is 1. The molecule has 0 aliphatic carbocycles. The highest BCUT2D eigenvalue weighted by molar-refractivity contribution is 9.11. The van der Waals surface area contributed by atoms with Crippen LogP contribution in [0.3, 0.4) is 0 Å². The zero-order valence-corrected chi connectivity index (χ0v) is 20.1. The summed E-state index contributed by atoms with van der Waals surface area (Å²) in [7, 11) is 0. The van der Waals surface area contributed by atoms with Gasteiger partial charge in [-0.15, -0.1) is 0 Å². The number of carbonyl (C=O) groups excluding carboxylic acids is 2. The van der Waals surface area contributed by atoms with Gasteiger partial charge >= 0.3 is 0 Å². The molecule has 0 aliphatic heterocycles. The van der Waals surface area contributed by atoms with E-state index in [0.717, 1.165) is 14.5 Å². The molecule has 7 heteroatoms. The molecular formula is C25H19Br2NO4. The van der Waals surface area contributed by atoms with Crippen LogP contribution in [0.5, 0.6) is 5.75 Å². The minimum absolute atomic E-state index is 0.0830. The van der Waals surface area contributed by atoms with E-state index in [4.69, 9.17) is 14.9 Å². The van der Waals surface area contributed by atoms with Gasteiger partial charge in [0.2, 0.25) is 5.91 Å². The summed E-state index contributed by atoms with van der Waals surface area (Å²) in [5, 5.41) is 0.664. The topological polar surface area (TPSA) is 82.5 Å². The number of hydrogen-bond acceptors (Lipinski definition) is 4. The normalized spacial score (nSPS) is 10.9. The standard InChI is InChI=1S/C25H19Br2NO4/c26-17-10-16(11-18(27)12-17)25(30)24-20-7-6-19(31-14-15-4-2-1-3-5-15)13-22(20)32-21(24)8-9-23(28)29/h1-7,10-13H,8-9,14H2,(H2,28,29). The highest BCUT2D eigenvalue weighted by atomic mass is 79.9. The lowest BCUT2D eigenvalue weighted by atomic mass is 9.98. The van der Waals surface area contributed by atoms with Crippen molar-refractivity contribution in [1.29, 1.82) is 0 Å². The fraction of sp³-hybridized carbons (Fsp3) is 0.120. The van der Waals surface area contributed by atoms with E-state index in [1.807, 2.05) is 48.5 Å². The number of aryl methyl sites for hydroxylation is 1. The summed E-state index contributed by atoms with van der Waals surface area (Å²) in [5.74, 6) is 0.407. The molecule has 0 unspecified atom stereocenters. The van der Waals surface area contributed by atoms with Gasteiger partial charge < -0.3 is 14.9 Å². The lowest BCUT2D eigenvalue weighted by Crippen LogP contribution is -2.12. The summed E-state index contributed by atoms with van der Waals surface area (Å²) in [6, 6.07) is 20.6. The Bertz CT molecular complexity index is 1280. The molecule has 2 N–H and O–H groups in total. The highest BCUT2D eigenvalue weighted by Crippen LogP contribution is 2.33. The van der Waals surface area contributed by atoms with E-state index in [1.165, 1.54) is 0 Å². The molecule has 4 rings (SSSR count). The molecule has 1 amide bonds. The Morgan fingerprint density at radius 2 is 1.66 bits per heavy atom. The van der Waals surface area contributed by atoms with Gasteiger partial charge in [-0.1, -0.05) is 62.2 Å². The lowest BCUT2D eigenvalue weighted by Gasteiger charge is -2.06.